The van der Waals surface area contributed by atoms with Crippen molar-refractivity contribution in [1.82, 2.24) is 10.6 Å². The van der Waals surface area contributed by atoms with Gasteiger partial charge in [0.25, 0.3) is 0 Å². The smallest absolute Gasteiger partial charge is 0.314 e. The Bertz CT molecular complexity index is 471. The van der Waals surface area contributed by atoms with Crippen molar-refractivity contribution in [3.8, 4) is 0 Å². The fourth-order valence-electron chi connectivity index (χ4n) is 2.08. The second-order valence-electron chi connectivity index (χ2n) is 4.33. The number of rotatable bonds is 4. The topological polar surface area (TPSA) is 41.1 Å². The van der Waals surface area contributed by atoms with Crippen LogP contribution in [0.2, 0.25) is 0 Å². The summed E-state index contributed by atoms with van der Waals surface area (Å²) in [4.78, 5) is 11.4. The molecule has 0 bridgehead atoms. The zero-order valence-corrected chi connectivity index (χ0v) is 11.0. The molecule has 0 radical (unpaired) electrons. The number of hydrogen-bond donors (Lipinski definition) is 2. The van der Waals surface area contributed by atoms with E-state index in [0.29, 0.717) is 6.54 Å². The highest BCUT2D eigenvalue weighted by Crippen LogP contribution is 2.23. The Morgan fingerprint density at radius 1 is 0.947 bits per heavy atom. The molecule has 2 N–H and O–H groups in total. The summed E-state index contributed by atoms with van der Waals surface area (Å²) in [5.74, 6) is 0.166. The molecule has 2 aromatic rings. The van der Waals surface area contributed by atoms with E-state index in [-0.39, 0.29) is 11.9 Å². The van der Waals surface area contributed by atoms with Gasteiger partial charge in [0.05, 0.1) is 0 Å². The summed E-state index contributed by atoms with van der Waals surface area (Å²) >= 11 is 0. The first-order valence-electron chi connectivity index (χ1n) is 6.36. The van der Waals surface area contributed by atoms with Crippen LogP contribution in [-0.2, 0) is 0 Å². The normalized spacial score (nSPS) is 10.2. The third-order valence-electron chi connectivity index (χ3n) is 3.10. The third-order valence-corrected chi connectivity index (χ3v) is 3.10. The lowest BCUT2D eigenvalue weighted by atomic mass is 9.91. The highest BCUT2D eigenvalue weighted by Gasteiger charge is 2.14. The second-order valence-corrected chi connectivity index (χ2v) is 4.33. The first-order valence-corrected chi connectivity index (χ1v) is 6.36. The molecular formula is C16H18N2O. The van der Waals surface area contributed by atoms with Crippen molar-refractivity contribution in [2.24, 2.45) is 0 Å². The fraction of sp³-hybridized carbons (Fsp3) is 0.188. The number of carbonyl (C=O) groups excluding carboxylic acids is 1. The van der Waals surface area contributed by atoms with Crippen molar-refractivity contribution in [2.75, 3.05) is 13.6 Å². The molecule has 2 amide bonds. The summed E-state index contributed by atoms with van der Waals surface area (Å²) in [6, 6.07) is 20.3. The van der Waals surface area contributed by atoms with Crippen LogP contribution in [0.25, 0.3) is 0 Å². The quantitative estimate of drug-likeness (QED) is 0.865. The summed E-state index contributed by atoms with van der Waals surface area (Å²) in [6.45, 7) is 0.577. The molecule has 3 heteroatoms. The van der Waals surface area contributed by atoms with Gasteiger partial charge in [-0.25, -0.2) is 4.79 Å². The standard InChI is InChI=1S/C16H18N2O/c1-17-16(19)18-12-15(13-8-4-2-5-9-13)14-10-6-3-7-11-14/h2-11,15H,12H2,1H3,(H2,17,18,19). The van der Waals surface area contributed by atoms with E-state index < -0.39 is 0 Å². The summed E-state index contributed by atoms with van der Waals surface area (Å²) < 4.78 is 0. The Kier molecular flexibility index (Phi) is 4.56. The number of hydrogen-bond acceptors (Lipinski definition) is 1. The molecule has 0 unspecified atom stereocenters. The van der Waals surface area contributed by atoms with Crippen LogP contribution in [-0.4, -0.2) is 19.6 Å². The molecule has 3 nitrogen and oxygen atoms in total. The lowest BCUT2D eigenvalue weighted by Crippen LogP contribution is -2.35. The molecule has 0 heterocycles. The zero-order valence-electron chi connectivity index (χ0n) is 11.0. The summed E-state index contributed by atoms with van der Waals surface area (Å²) in [7, 11) is 1.62. The van der Waals surface area contributed by atoms with Gasteiger partial charge >= 0.3 is 6.03 Å². The van der Waals surface area contributed by atoms with Gasteiger partial charge in [0.15, 0.2) is 0 Å². The Morgan fingerprint density at radius 3 is 1.84 bits per heavy atom. The summed E-state index contributed by atoms with van der Waals surface area (Å²) in [5.41, 5.74) is 2.40. The van der Waals surface area contributed by atoms with E-state index in [1.165, 1.54) is 11.1 Å². The lowest BCUT2D eigenvalue weighted by Gasteiger charge is -2.18. The molecule has 19 heavy (non-hydrogen) atoms. The maximum atomic E-state index is 11.4. The lowest BCUT2D eigenvalue weighted by molar-refractivity contribution is 0.242. The number of benzene rings is 2. The van der Waals surface area contributed by atoms with E-state index in [1.54, 1.807) is 7.05 Å². The van der Waals surface area contributed by atoms with Gasteiger partial charge in [-0.05, 0) is 11.1 Å². The molecule has 0 saturated carbocycles. The van der Waals surface area contributed by atoms with Gasteiger partial charge in [0.1, 0.15) is 0 Å². The number of amides is 2. The van der Waals surface area contributed by atoms with E-state index in [4.69, 9.17) is 0 Å². The third kappa shape index (κ3) is 3.58. The first kappa shape index (κ1) is 13.1. The van der Waals surface area contributed by atoms with Gasteiger partial charge in [-0.1, -0.05) is 60.7 Å². The minimum Gasteiger partial charge on any atom is -0.341 e. The monoisotopic (exact) mass is 254 g/mol. The highest BCUT2D eigenvalue weighted by atomic mass is 16.2. The maximum absolute atomic E-state index is 11.4. The van der Waals surface area contributed by atoms with E-state index >= 15 is 0 Å². The highest BCUT2D eigenvalue weighted by molar-refractivity contribution is 5.73. The minimum absolute atomic E-state index is 0.156. The Balaban J connectivity index is 2.21. The van der Waals surface area contributed by atoms with Crippen molar-refractivity contribution in [2.45, 2.75) is 5.92 Å². The molecule has 0 atom stereocenters. The Labute approximate surface area is 113 Å². The number of urea groups is 1. The minimum atomic E-state index is -0.156. The molecule has 0 aromatic heterocycles. The molecule has 0 fully saturated rings. The second kappa shape index (κ2) is 6.59. The van der Waals surface area contributed by atoms with Crippen molar-refractivity contribution >= 4 is 6.03 Å². The van der Waals surface area contributed by atoms with Gasteiger partial charge < -0.3 is 10.6 Å². The van der Waals surface area contributed by atoms with Gasteiger partial charge in [0, 0.05) is 19.5 Å². The summed E-state index contributed by atoms with van der Waals surface area (Å²) in [6.07, 6.45) is 0. The van der Waals surface area contributed by atoms with Crippen LogP contribution in [0, 0.1) is 0 Å². The molecular weight excluding hydrogens is 236 g/mol. The van der Waals surface area contributed by atoms with Crippen LogP contribution < -0.4 is 10.6 Å². The van der Waals surface area contributed by atoms with Crippen LogP contribution >= 0.6 is 0 Å². The number of carbonyl (C=O) groups is 1. The average Bonchev–Trinajstić information content (AvgIpc) is 2.49. The van der Waals surface area contributed by atoms with Gasteiger partial charge in [-0.15, -0.1) is 0 Å². The molecule has 0 spiro atoms. The van der Waals surface area contributed by atoms with Crippen LogP contribution in [0.1, 0.15) is 17.0 Å². The zero-order chi connectivity index (χ0) is 13.5. The van der Waals surface area contributed by atoms with Gasteiger partial charge in [0.2, 0.25) is 0 Å². The van der Waals surface area contributed by atoms with Crippen LogP contribution in [0.5, 0.6) is 0 Å². The van der Waals surface area contributed by atoms with E-state index in [9.17, 15) is 4.79 Å². The maximum Gasteiger partial charge on any atom is 0.314 e. The molecule has 98 valence electrons. The number of nitrogens with one attached hydrogen (secondary N) is 2. The van der Waals surface area contributed by atoms with Gasteiger partial charge in [-0.3, -0.25) is 0 Å². The van der Waals surface area contributed by atoms with Crippen LogP contribution in [0.15, 0.2) is 60.7 Å². The molecule has 0 aliphatic rings. The molecule has 2 rings (SSSR count). The molecule has 2 aromatic carbocycles. The van der Waals surface area contributed by atoms with Crippen molar-refractivity contribution in [3.05, 3.63) is 71.8 Å². The predicted octanol–water partition coefficient (Wildman–Crippen LogP) is 2.75. The fourth-order valence-corrected chi connectivity index (χ4v) is 2.08. The van der Waals surface area contributed by atoms with Crippen molar-refractivity contribution in [3.63, 3.8) is 0 Å². The Morgan fingerprint density at radius 2 is 1.42 bits per heavy atom. The van der Waals surface area contributed by atoms with Gasteiger partial charge in [-0.2, -0.15) is 0 Å². The predicted molar refractivity (Wildman–Crippen MR) is 77.2 cm³/mol. The SMILES string of the molecule is CNC(=O)NCC(c1ccccc1)c1ccccc1. The molecule has 0 saturated heterocycles. The molecule has 0 aliphatic carbocycles. The van der Waals surface area contributed by atoms with Crippen LogP contribution in [0.3, 0.4) is 0 Å². The average molecular weight is 254 g/mol. The van der Waals surface area contributed by atoms with Crippen molar-refractivity contribution < 1.29 is 4.79 Å². The largest absolute Gasteiger partial charge is 0.341 e. The van der Waals surface area contributed by atoms with Crippen LogP contribution in [0.4, 0.5) is 4.79 Å². The Hall–Kier alpha value is -2.29. The molecule has 0 aliphatic heterocycles. The van der Waals surface area contributed by atoms with E-state index in [0.717, 1.165) is 0 Å². The van der Waals surface area contributed by atoms with E-state index in [1.807, 2.05) is 36.4 Å². The summed E-state index contributed by atoms with van der Waals surface area (Å²) in [5, 5.41) is 5.45. The first-order chi connectivity index (χ1) is 9.31. The van der Waals surface area contributed by atoms with E-state index in [2.05, 4.69) is 34.9 Å². The van der Waals surface area contributed by atoms with Crippen molar-refractivity contribution in [1.29, 1.82) is 0 Å².